The van der Waals surface area contributed by atoms with Crippen LogP contribution in [0.5, 0.6) is 0 Å². The van der Waals surface area contributed by atoms with Crippen LogP contribution in [0.2, 0.25) is 0 Å². The first-order chi connectivity index (χ1) is 8.23. The van der Waals surface area contributed by atoms with Gasteiger partial charge in [0.25, 0.3) is 0 Å². The molecule has 0 aliphatic rings. The fourth-order valence-electron chi connectivity index (χ4n) is 2.74. The van der Waals surface area contributed by atoms with E-state index in [0.717, 1.165) is 5.92 Å². The average Bonchev–Trinajstić information content (AvgIpc) is 2.51. The Morgan fingerprint density at radius 3 is 2.39 bits per heavy atom. The first kappa shape index (κ1) is 16.2. The van der Waals surface area contributed by atoms with Crippen LogP contribution in [0.4, 0.5) is 0 Å². The van der Waals surface area contributed by atoms with Crippen molar-refractivity contribution in [1.82, 2.24) is 5.32 Å². The third-order valence-corrected chi connectivity index (χ3v) is 4.82. The third kappa shape index (κ3) is 5.02. The first-order valence-electron chi connectivity index (χ1n) is 6.66. The van der Waals surface area contributed by atoms with Crippen LogP contribution < -0.4 is 5.32 Å². The number of hydrogen-bond donors (Lipinski definition) is 1. The van der Waals surface area contributed by atoms with E-state index in [4.69, 9.17) is 0 Å². The van der Waals surface area contributed by atoms with Crippen molar-refractivity contribution in [2.24, 2.45) is 11.3 Å². The first-order valence-corrected chi connectivity index (χ1v) is 8.27. The molecule has 0 spiro atoms. The lowest BCUT2D eigenvalue weighted by Gasteiger charge is -2.26. The highest BCUT2D eigenvalue weighted by atomic mass is 79.9. The minimum absolute atomic E-state index is 0.419. The number of nitrogens with one attached hydrogen (secondary N) is 1. The van der Waals surface area contributed by atoms with E-state index in [1.807, 2.05) is 11.3 Å². The molecule has 0 aromatic carbocycles. The Labute approximate surface area is 125 Å². The zero-order valence-electron chi connectivity index (χ0n) is 12.4. The number of aryl methyl sites for hydroxylation is 1. The van der Waals surface area contributed by atoms with Gasteiger partial charge in [0, 0.05) is 10.9 Å². The summed E-state index contributed by atoms with van der Waals surface area (Å²) in [6.07, 6.45) is 2.48. The summed E-state index contributed by atoms with van der Waals surface area (Å²) < 4.78 is 1.23. The maximum Gasteiger partial charge on any atom is 0.0704 e. The second-order valence-corrected chi connectivity index (χ2v) is 9.14. The Bertz CT molecular complexity index is 378. The summed E-state index contributed by atoms with van der Waals surface area (Å²) in [5.41, 5.74) is 1.87. The molecule has 18 heavy (non-hydrogen) atoms. The van der Waals surface area contributed by atoms with E-state index in [1.165, 1.54) is 27.1 Å². The van der Waals surface area contributed by atoms with Crippen molar-refractivity contribution >= 4 is 27.3 Å². The van der Waals surface area contributed by atoms with Crippen molar-refractivity contribution < 1.29 is 0 Å². The van der Waals surface area contributed by atoms with Gasteiger partial charge in [0.15, 0.2) is 0 Å². The van der Waals surface area contributed by atoms with Gasteiger partial charge in [-0.15, -0.1) is 11.3 Å². The van der Waals surface area contributed by atoms with Gasteiger partial charge in [-0.25, -0.2) is 0 Å². The van der Waals surface area contributed by atoms with Gasteiger partial charge in [0.2, 0.25) is 0 Å². The molecule has 0 aliphatic heterocycles. The summed E-state index contributed by atoms with van der Waals surface area (Å²) in [7, 11) is 2.07. The van der Waals surface area contributed by atoms with Gasteiger partial charge < -0.3 is 5.32 Å². The lowest BCUT2D eigenvalue weighted by Crippen LogP contribution is -2.21. The van der Waals surface area contributed by atoms with Gasteiger partial charge in [-0.1, -0.05) is 27.7 Å². The van der Waals surface area contributed by atoms with E-state index < -0.39 is 0 Å². The maximum atomic E-state index is 3.59. The fourth-order valence-corrected chi connectivity index (χ4v) is 4.51. The van der Waals surface area contributed by atoms with Crippen LogP contribution in [0.25, 0.3) is 0 Å². The van der Waals surface area contributed by atoms with Gasteiger partial charge in [-0.3, -0.25) is 0 Å². The Kier molecular flexibility index (Phi) is 5.88. The Balaban J connectivity index is 2.71. The minimum atomic E-state index is 0.419. The van der Waals surface area contributed by atoms with Gasteiger partial charge in [-0.2, -0.15) is 0 Å². The van der Waals surface area contributed by atoms with E-state index in [-0.39, 0.29) is 0 Å². The van der Waals surface area contributed by atoms with E-state index >= 15 is 0 Å². The van der Waals surface area contributed by atoms with E-state index in [9.17, 15) is 0 Å². The minimum Gasteiger partial charge on any atom is -0.313 e. The van der Waals surface area contributed by atoms with Crippen molar-refractivity contribution in [3.8, 4) is 0 Å². The molecule has 0 saturated carbocycles. The lowest BCUT2D eigenvalue weighted by molar-refractivity contribution is 0.279. The predicted octanol–water partition coefficient (Wildman–Crippen LogP) is 5.54. The molecule has 0 amide bonds. The highest BCUT2D eigenvalue weighted by Crippen LogP contribution is 2.35. The summed E-state index contributed by atoms with van der Waals surface area (Å²) in [4.78, 5) is 1.42. The van der Waals surface area contributed by atoms with E-state index in [1.54, 1.807) is 0 Å². The summed E-state index contributed by atoms with van der Waals surface area (Å²) >= 11 is 5.42. The molecular formula is C15H26BrNS. The van der Waals surface area contributed by atoms with Crippen LogP contribution in [0.1, 0.15) is 57.0 Å². The largest absolute Gasteiger partial charge is 0.313 e. The Hall–Kier alpha value is 0.140. The molecule has 0 radical (unpaired) electrons. The van der Waals surface area contributed by atoms with Crippen LogP contribution >= 0.6 is 27.3 Å². The standard InChI is InChI=1S/C15H26BrNS/c1-10(9-15(3,4)5)7-13(17-6)12-8-14(16)18-11(12)2/h8,10,13,17H,7,9H2,1-6H3. The van der Waals surface area contributed by atoms with Crippen LogP contribution in [0, 0.1) is 18.3 Å². The molecule has 1 rings (SSSR count). The molecule has 0 saturated heterocycles. The molecule has 104 valence electrons. The topological polar surface area (TPSA) is 12.0 Å². The number of thiophene rings is 1. The molecule has 2 unspecified atom stereocenters. The molecule has 1 heterocycles. The van der Waals surface area contributed by atoms with Crippen molar-refractivity contribution in [2.45, 2.75) is 53.5 Å². The summed E-state index contributed by atoms with van der Waals surface area (Å²) in [5, 5.41) is 3.48. The molecule has 3 heteroatoms. The normalized spacial score (nSPS) is 15.7. The number of hydrogen-bond acceptors (Lipinski definition) is 2. The third-order valence-electron chi connectivity index (χ3n) is 3.25. The summed E-state index contributed by atoms with van der Waals surface area (Å²) in [6, 6.07) is 2.75. The van der Waals surface area contributed by atoms with Crippen LogP contribution in [-0.2, 0) is 0 Å². The molecule has 1 aromatic heterocycles. The van der Waals surface area contributed by atoms with Crippen LogP contribution in [-0.4, -0.2) is 7.05 Å². The van der Waals surface area contributed by atoms with Crippen molar-refractivity contribution in [3.05, 3.63) is 20.3 Å². The molecule has 0 fully saturated rings. The Morgan fingerprint density at radius 2 is 2.00 bits per heavy atom. The second-order valence-electron chi connectivity index (χ2n) is 6.51. The van der Waals surface area contributed by atoms with Crippen molar-refractivity contribution in [3.63, 3.8) is 0 Å². The lowest BCUT2D eigenvalue weighted by atomic mass is 9.82. The highest BCUT2D eigenvalue weighted by Gasteiger charge is 2.21. The molecule has 0 aliphatic carbocycles. The predicted molar refractivity (Wildman–Crippen MR) is 86.4 cm³/mol. The molecular weight excluding hydrogens is 306 g/mol. The maximum absolute atomic E-state index is 3.59. The summed E-state index contributed by atoms with van der Waals surface area (Å²) in [5.74, 6) is 0.737. The molecule has 1 nitrogen and oxygen atoms in total. The quantitative estimate of drug-likeness (QED) is 0.746. The second kappa shape index (κ2) is 6.53. The van der Waals surface area contributed by atoms with Crippen molar-refractivity contribution in [2.75, 3.05) is 7.05 Å². The van der Waals surface area contributed by atoms with Gasteiger partial charge in [0.05, 0.1) is 3.79 Å². The highest BCUT2D eigenvalue weighted by molar-refractivity contribution is 9.11. The zero-order chi connectivity index (χ0) is 13.9. The molecule has 0 bridgehead atoms. The number of halogens is 1. The molecule has 2 atom stereocenters. The van der Waals surface area contributed by atoms with Crippen molar-refractivity contribution in [1.29, 1.82) is 0 Å². The van der Waals surface area contributed by atoms with Crippen LogP contribution in [0.3, 0.4) is 0 Å². The smallest absolute Gasteiger partial charge is 0.0704 e. The van der Waals surface area contributed by atoms with Gasteiger partial charge >= 0.3 is 0 Å². The zero-order valence-corrected chi connectivity index (χ0v) is 14.8. The SMILES string of the molecule is CNC(CC(C)CC(C)(C)C)c1cc(Br)sc1C. The van der Waals surface area contributed by atoms with E-state index in [2.05, 4.69) is 69.0 Å². The van der Waals surface area contributed by atoms with Crippen LogP contribution in [0.15, 0.2) is 9.85 Å². The Morgan fingerprint density at radius 1 is 1.39 bits per heavy atom. The average molecular weight is 332 g/mol. The van der Waals surface area contributed by atoms with Gasteiger partial charge in [0.1, 0.15) is 0 Å². The van der Waals surface area contributed by atoms with E-state index in [0.29, 0.717) is 11.5 Å². The molecule has 1 aromatic rings. The fraction of sp³-hybridized carbons (Fsp3) is 0.733. The summed E-state index contributed by atoms with van der Waals surface area (Å²) in [6.45, 7) is 11.6. The molecule has 1 N–H and O–H groups in total. The number of rotatable bonds is 5. The van der Waals surface area contributed by atoms with Gasteiger partial charge in [-0.05, 0) is 65.7 Å². The monoisotopic (exact) mass is 331 g/mol.